The highest BCUT2D eigenvalue weighted by molar-refractivity contribution is 5.91. The lowest BCUT2D eigenvalue weighted by Crippen LogP contribution is -2.37. The van der Waals surface area contributed by atoms with Crippen LogP contribution in [0.25, 0.3) is 0 Å². The van der Waals surface area contributed by atoms with Crippen LogP contribution in [0.4, 0.5) is 0 Å². The zero-order chi connectivity index (χ0) is 14.5. The van der Waals surface area contributed by atoms with Crippen LogP contribution < -0.4 is 10.6 Å². The Morgan fingerprint density at radius 1 is 1.36 bits per heavy atom. The molecule has 1 aliphatic rings. The summed E-state index contributed by atoms with van der Waals surface area (Å²) in [6.07, 6.45) is 3.97. The van der Waals surface area contributed by atoms with Gasteiger partial charge < -0.3 is 10.6 Å². The largest absolute Gasteiger partial charge is 0.349 e. The fourth-order valence-electron chi connectivity index (χ4n) is 2.49. The van der Waals surface area contributed by atoms with Crippen LogP contribution in [0.1, 0.15) is 28.9 Å². The Hall–Kier alpha value is -1.92. The topological polar surface area (TPSA) is 71.8 Å². The highest BCUT2D eigenvalue weighted by Crippen LogP contribution is 2.04. The predicted molar refractivity (Wildman–Crippen MR) is 86.2 cm³/mol. The van der Waals surface area contributed by atoms with Crippen molar-refractivity contribution in [3.63, 3.8) is 0 Å². The number of nitrogens with one attached hydrogen (secondary N) is 2. The molecule has 3 rings (SSSR count). The van der Waals surface area contributed by atoms with Gasteiger partial charge in [-0.25, -0.2) is 4.68 Å². The Balaban J connectivity index is 0.00000176. The first-order valence-electron chi connectivity index (χ1n) is 7.27. The number of carbonyl (C=O) groups excluding carboxylic acids is 1. The van der Waals surface area contributed by atoms with Crippen LogP contribution in [0, 0.1) is 0 Å². The molecule has 0 bridgehead atoms. The second-order valence-electron chi connectivity index (χ2n) is 5.29. The molecule has 2 aromatic rings. The maximum atomic E-state index is 12.0. The summed E-state index contributed by atoms with van der Waals surface area (Å²) < 4.78 is 1.68. The van der Waals surface area contributed by atoms with Gasteiger partial charge in [0, 0.05) is 12.6 Å². The lowest BCUT2D eigenvalue weighted by molar-refractivity contribution is 0.0945. The first kappa shape index (κ1) is 16.5. The van der Waals surface area contributed by atoms with E-state index in [4.69, 9.17) is 0 Å². The molecule has 22 heavy (non-hydrogen) atoms. The van der Waals surface area contributed by atoms with Crippen molar-refractivity contribution in [2.24, 2.45) is 0 Å². The molecule has 1 amide bonds. The van der Waals surface area contributed by atoms with E-state index in [0.29, 0.717) is 24.8 Å². The van der Waals surface area contributed by atoms with Crippen molar-refractivity contribution in [3.8, 4) is 0 Å². The molecule has 1 saturated heterocycles. The summed E-state index contributed by atoms with van der Waals surface area (Å²) in [6, 6.07) is 10.4. The predicted octanol–water partition coefficient (Wildman–Crippen LogP) is 1.23. The van der Waals surface area contributed by atoms with E-state index in [2.05, 4.69) is 20.9 Å². The van der Waals surface area contributed by atoms with Gasteiger partial charge in [-0.15, -0.1) is 17.5 Å². The van der Waals surface area contributed by atoms with Gasteiger partial charge in [-0.05, 0) is 24.9 Å². The minimum absolute atomic E-state index is 0. The van der Waals surface area contributed by atoms with Crippen LogP contribution in [-0.4, -0.2) is 40.0 Å². The van der Waals surface area contributed by atoms with Gasteiger partial charge in [-0.1, -0.05) is 35.5 Å². The van der Waals surface area contributed by atoms with Crippen LogP contribution in [0.3, 0.4) is 0 Å². The van der Waals surface area contributed by atoms with Crippen molar-refractivity contribution in [2.45, 2.75) is 25.4 Å². The Labute approximate surface area is 135 Å². The van der Waals surface area contributed by atoms with Crippen molar-refractivity contribution >= 4 is 18.3 Å². The third-order valence-corrected chi connectivity index (χ3v) is 3.63. The summed E-state index contributed by atoms with van der Waals surface area (Å²) in [5.41, 5.74) is 1.49. The average molecular weight is 322 g/mol. The summed E-state index contributed by atoms with van der Waals surface area (Å²) in [5, 5.41) is 14.2. The van der Waals surface area contributed by atoms with Crippen molar-refractivity contribution in [3.05, 3.63) is 47.8 Å². The van der Waals surface area contributed by atoms with Gasteiger partial charge in [-0.3, -0.25) is 4.79 Å². The number of amides is 1. The number of hydrogen-bond acceptors (Lipinski definition) is 4. The third kappa shape index (κ3) is 4.29. The fourth-order valence-corrected chi connectivity index (χ4v) is 2.49. The van der Waals surface area contributed by atoms with E-state index >= 15 is 0 Å². The van der Waals surface area contributed by atoms with Gasteiger partial charge in [-0.2, -0.15) is 0 Å². The van der Waals surface area contributed by atoms with E-state index in [0.717, 1.165) is 18.5 Å². The molecule has 2 N–H and O–H groups in total. The Bertz CT molecular complexity index is 595. The highest BCUT2D eigenvalue weighted by Gasteiger charge is 2.16. The monoisotopic (exact) mass is 321 g/mol. The molecule has 0 aliphatic carbocycles. The summed E-state index contributed by atoms with van der Waals surface area (Å²) in [5.74, 6) is -0.164. The lowest BCUT2D eigenvalue weighted by Gasteiger charge is -2.09. The van der Waals surface area contributed by atoms with E-state index in [1.807, 2.05) is 30.3 Å². The lowest BCUT2D eigenvalue weighted by atomic mass is 10.2. The second kappa shape index (κ2) is 7.91. The molecule has 1 aliphatic heterocycles. The highest BCUT2D eigenvalue weighted by atomic mass is 35.5. The third-order valence-electron chi connectivity index (χ3n) is 3.63. The zero-order valence-corrected chi connectivity index (χ0v) is 13.1. The molecular formula is C15H20ClN5O. The SMILES string of the molecule is Cl.O=C(NCC1CCCN1)c1cn(Cc2ccccc2)nn1. The molecule has 118 valence electrons. The molecule has 1 fully saturated rings. The van der Waals surface area contributed by atoms with Crippen molar-refractivity contribution < 1.29 is 4.79 Å². The van der Waals surface area contributed by atoms with Crippen LogP contribution in [0.2, 0.25) is 0 Å². The fraction of sp³-hybridized carbons (Fsp3) is 0.400. The van der Waals surface area contributed by atoms with Gasteiger partial charge in [0.2, 0.25) is 0 Å². The summed E-state index contributed by atoms with van der Waals surface area (Å²) in [6.45, 7) is 2.30. The van der Waals surface area contributed by atoms with E-state index in [1.54, 1.807) is 10.9 Å². The van der Waals surface area contributed by atoms with Gasteiger partial charge in [0.15, 0.2) is 5.69 Å². The molecule has 2 heterocycles. The van der Waals surface area contributed by atoms with E-state index in [-0.39, 0.29) is 18.3 Å². The molecule has 0 spiro atoms. The maximum absolute atomic E-state index is 12.0. The molecule has 1 atom stereocenters. The summed E-state index contributed by atoms with van der Waals surface area (Å²) in [4.78, 5) is 12.0. The summed E-state index contributed by atoms with van der Waals surface area (Å²) >= 11 is 0. The normalized spacial score (nSPS) is 17.0. The molecule has 7 heteroatoms. The summed E-state index contributed by atoms with van der Waals surface area (Å²) in [7, 11) is 0. The Morgan fingerprint density at radius 2 is 2.18 bits per heavy atom. The Kier molecular flexibility index (Phi) is 5.91. The minimum Gasteiger partial charge on any atom is -0.349 e. The van der Waals surface area contributed by atoms with E-state index in [1.165, 1.54) is 6.42 Å². The van der Waals surface area contributed by atoms with E-state index in [9.17, 15) is 4.79 Å². The number of hydrogen-bond donors (Lipinski definition) is 2. The molecule has 0 saturated carbocycles. The molecule has 1 unspecified atom stereocenters. The smallest absolute Gasteiger partial charge is 0.273 e. The number of rotatable bonds is 5. The maximum Gasteiger partial charge on any atom is 0.273 e. The van der Waals surface area contributed by atoms with Crippen LogP contribution >= 0.6 is 12.4 Å². The molecule has 6 nitrogen and oxygen atoms in total. The first-order valence-corrected chi connectivity index (χ1v) is 7.27. The van der Waals surface area contributed by atoms with Gasteiger partial charge in [0.1, 0.15) is 0 Å². The number of aromatic nitrogens is 3. The zero-order valence-electron chi connectivity index (χ0n) is 12.2. The van der Waals surface area contributed by atoms with E-state index < -0.39 is 0 Å². The van der Waals surface area contributed by atoms with Crippen LogP contribution in [0.15, 0.2) is 36.5 Å². The van der Waals surface area contributed by atoms with Crippen molar-refractivity contribution in [1.29, 1.82) is 0 Å². The standard InChI is InChI=1S/C15H19N5O.ClH/c21-15(17-9-13-7-4-8-16-13)14-11-20(19-18-14)10-12-5-2-1-3-6-12;/h1-3,5-6,11,13,16H,4,7-10H2,(H,17,21);1H. The molecule has 0 radical (unpaired) electrons. The van der Waals surface area contributed by atoms with Gasteiger partial charge >= 0.3 is 0 Å². The second-order valence-corrected chi connectivity index (χ2v) is 5.29. The van der Waals surface area contributed by atoms with Crippen LogP contribution in [-0.2, 0) is 6.54 Å². The number of nitrogens with zero attached hydrogens (tertiary/aromatic N) is 3. The molecular weight excluding hydrogens is 302 g/mol. The Morgan fingerprint density at radius 3 is 2.91 bits per heavy atom. The molecule has 1 aromatic heterocycles. The number of halogens is 1. The molecule has 1 aromatic carbocycles. The van der Waals surface area contributed by atoms with Gasteiger partial charge in [0.05, 0.1) is 12.7 Å². The number of benzene rings is 1. The first-order chi connectivity index (χ1) is 10.3. The average Bonchev–Trinajstić information content (AvgIpc) is 3.17. The van der Waals surface area contributed by atoms with Crippen molar-refractivity contribution in [2.75, 3.05) is 13.1 Å². The number of carbonyl (C=O) groups is 1. The van der Waals surface area contributed by atoms with Gasteiger partial charge in [0.25, 0.3) is 5.91 Å². The van der Waals surface area contributed by atoms with Crippen LogP contribution in [0.5, 0.6) is 0 Å². The minimum atomic E-state index is -0.164. The quantitative estimate of drug-likeness (QED) is 0.869. The van der Waals surface area contributed by atoms with Crippen molar-refractivity contribution in [1.82, 2.24) is 25.6 Å².